The second kappa shape index (κ2) is 15.4. The molecule has 1 saturated heterocycles. The highest BCUT2D eigenvalue weighted by molar-refractivity contribution is 8.14. The Morgan fingerprint density at radius 1 is 0.822 bits per heavy atom. The van der Waals surface area contributed by atoms with Gasteiger partial charge in [0.15, 0.2) is 5.17 Å². The summed E-state index contributed by atoms with van der Waals surface area (Å²) in [6, 6.07) is 33.2. The Kier molecular flexibility index (Phi) is 10.6. The van der Waals surface area contributed by atoms with Crippen molar-refractivity contribution in [3.63, 3.8) is 0 Å². The lowest BCUT2D eigenvalue weighted by atomic mass is 9.97. The molecule has 1 fully saturated rings. The van der Waals surface area contributed by atoms with Gasteiger partial charge in [-0.3, -0.25) is 4.79 Å². The van der Waals surface area contributed by atoms with Gasteiger partial charge in [-0.05, 0) is 92.3 Å². The summed E-state index contributed by atoms with van der Waals surface area (Å²) >= 11 is 1.78. The number of halogens is 1. The fraction of sp³-hybridized carbons (Fsp3) is 0.316. The number of carbonyl (C=O) groups excluding carboxylic acids is 1. The zero-order valence-corrected chi connectivity index (χ0v) is 26.5. The van der Waals surface area contributed by atoms with Gasteiger partial charge in [-0.15, -0.1) is 0 Å². The molecular formula is C38H41FN4OS. The van der Waals surface area contributed by atoms with Crippen molar-refractivity contribution in [3.8, 4) is 11.1 Å². The smallest absolute Gasteiger partial charge is 0.222 e. The molecule has 232 valence electrons. The quantitative estimate of drug-likeness (QED) is 0.161. The Morgan fingerprint density at radius 2 is 1.53 bits per heavy atom. The number of fused-ring (bicyclic) bond motifs is 1. The number of hydrogen-bond donors (Lipinski definition) is 1. The number of nitrogens with zero attached hydrogens (tertiary/aromatic N) is 3. The molecule has 1 N–H and O–H groups in total. The van der Waals surface area contributed by atoms with E-state index >= 15 is 0 Å². The first kappa shape index (κ1) is 31.1. The first-order valence-corrected chi connectivity index (χ1v) is 17.1. The minimum Gasteiger partial charge on any atom is -0.352 e. The number of anilines is 1. The number of carbonyl (C=O) groups is 1. The van der Waals surface area contributed by atoms with Gasteiger partial charge in [0, 0.05) is 23.5 Å². The van der Waals surface area contributed by atoms with Gasteiger partial charge in [-0.1, -0.05) is 91.0 Å². The lowest BCUT2D eigenvalue weighted by molar-refractivity contribution is -0.121. The summed E-state index contributed by atoms with van der Waals surface area (Å²) in [6.07, 6.45) is 6.51. The maximum Gasteiger partial charge on any atom is 0.222 e. The predicted molar refractivity (Wildman–Crippen MR) is 185 cm³/mol. The molecule has 1 amide bonds. The topological polar surface area (TPSA) is 47.9 Å². The molecule has 0 bridgehead atoms. The number of hydrogen-bond acceptors (Lipinski definition) is 5. The molecule has 0 spiro atoms. The van der Waals surface area contributed by atoms with Crippen LogP contribution in [0.1, 0.15) is 55.7 Å². The maximum absolute atomic E-state index is 13.5. The molecule has 4 aromatic carbocycles. The lowest BCUT2D eigenvalue weighted by Gasteiger charge is -2.38. The number of unbranched alkanes of at least 4 members (excludes halogenated alkanes) is 2. The van der Waals surface area contributed by atoms with E-state index in [1.807, 2.05) is 24.3 Å². The van der Waals surface area contributed by atoms with Crippen LogP contribution in [-0.4, -0.2) is 41.4 Å². The number of thioether (sulfide) groups is 1. The summed E-state index contributed by atoms with van der Waals surface area (Å²) in [6.45, 7) is 4.06. The minimum atomic E-state index is -0.284. The third-order valence-corrected chi connectivity index (χ3v) is 9.65. The molecule has 2 heterocycles. The van der Waals surface area contributed by atoms with Crippen LogP contribution in [0.2, 0.25) is 0 Å². The Bertz CT molecular complexity index is 1570. The first-order chi connectivity index (χ1) is 22.1. The van der Waals surface area contributed by atoms with Crippen molar-refractivity contribution in [2.75, 3.05) is 30.3 Å². The zero-order valence-electron chi connectivity index (χ0n) is 25.7. The fourth-order valence-corrected chi connectivity index (χ4v) is 7.24. The zero-order chi connectivity index (χ0) is 30.8. The van der Waals surface area contributed by atoms with Crippen molar-refractivity contribution in [1.29, 1.82) is 0 Å². The monoisotopic (exact) mass is 620 g/mol. The van der Waals surface area contributed by atoms with E-state index < -0.39 is 0 Å². The number of benzene rings is 4. The van der Waals surface area contributed by atoms with Crippen molar-refractivity contribution in [2.45, 2.75) is 51.1 Å². The second-order valence-corrected chi connectivity index (χ2v) is 12.9. The average Bonchev–Trinajstić information content (AvgIpc) is 3.60. The van der Waals surface area contributed by atoms with E-state index in [9.17, 15) is 9.18 Å². The molecule has 0 aliphatic carbocycles. The van der Waals surface area contributed by atoms with Gasteiger partial charge in [-0.2, -0.15) is 0 Å². The molecule has 6 rings (SSSR count). The molecule has 0 aromatic heterocycles. The van der Waals surface area contributed by atoms with Crippen molar-refractivity contribution in [3.05, 3.63) is 120 Å². The highest BCUT2D eigenvalue weighted by Crippen LogP contribution is 2.42. The average molecular weight is 621 g/mol. The van der Waals surface area contributed by atoms with Gasteiger partial charge in [-0.25, -0.2) is 9.38 Å². The number of amides is 1. The van der Waals surface area contributed by atoms with E-state index in [4.69, 9.17) is 4.99 Å². The van der Waals surface area contributed by atoms with Crippen LogP contribution in [0.15, 0.2) is 108 Å². The van der Waals surface area contributed by atoms with Crippen molar-refractivity contribution in [1.82, 2.24) is 10.2 Å². The van der Waals surface area contributed by atoms with Crippen LogP contribution in [0.5, 0.6) is 0 Å². The van der Waals surface area contributed by atoms with Gasteiger partial charge in [0.25, 0.3) is 0 Å². The molecule has 4 aromatic rings. The number of likely N-dealkylation sites (tertiary alicyclic amines) is 1. The summed E-state index contributed by atoms with van der Waals surface area (Å²) < 4.78 is 13.4. The minimum absolute atomic E-state index is 0.0572. The van der Waals surface area contributed by atoms with Crippen LogP contribution in [0, 0.1) is 5.82 Å². The summed E-state index contributed by atoms with van der Waals surface area (Å²) in [5.74, 6) is 0.634. The van der Waals surface area contributed by atoms with Crippen LogP contribution in [0.4, 0.5) is 15.8 Å². The number of rotatable bonds is 12. The van der Waals surface area contributed by atoms with E-state index in [1.54, 1.807) is 23.9 Å². The van der Waals surface area contributed by atoms with Gasteiger partial charge in [0.1, 0.15) is 5.82 Å². The molecule has 1 unspecified atom stereocenters. The fourth-order valence-electron chi connectivity index (χ4n) is 6.17. The highest BCUT2D eigenvalue weighted by Gasteiger charge is 2.33. The lowest BCUT2D eigenvalue weighted by Crippen LogP contribution is -2.39. The van der Waals surface area contributed by atoms with E-state index in [-0.39, 0.29) is 24.2 Å². The summed E-state index contributed by atoms with van der Waals surface area (Å²) in [7, 11) is 0. The third kappa shape index (κ3) is 8.21. The number of nitrogens with one attached hydrogen (secondary N) is 1. The summed E-state index contributed by atoms with van der Waals surface area (Å²) in [4.78, 5) is 23.5. The summed E-state index contributed by atoms with van der Waals surface area (Å²) in [5, 5.41) is 3.99. The molecular weight excluding hydrogens is 580 g/mol. The van der Waals surface area contributed by atoms with Crippen molar-refractivity contribution >= 4 is 34.2 Å². The van der Waals surface area contributed by atoms with E-state index in [0.717, 1.165) is 45.4 Å². The van der Waals surface area contributed by atoms with Crippen LogP contribution >= 0.6 is 11.8 Å². The van der Waals surface area contributed by atoms with E-state index in [2.05, 4.69) is 69.7 Å². The second-order valence-electron chi connectivity index (χ2n) is 11.8. The predicted octanol–water partition coefficient (Wildman–Crippen LogP) is 8.75. The van der Waals surface area contributed by atoms with Crippen LogP contribution in [0.25, 0.3) is 11.1 Å². The molecule has 45 heavy (non-hydrogen) atoms. The van der Waals surface area contributed by atoms with Gasteiger partial charge >= 0.3 is 0 Å². The maximum atomic E-state index is 13.5. The Balaban J connectivity index is 1.21. The van der Waals surface area contributed by atoms with E-state index in [0.29, 0.717) is 6.54 Å². The van der Waals surface area contributed by atoms with E-state index in [1.165, 1.54) is 63.0 Å². The molecule has 1 atom stereocenters. The Morgan fingerprint density at radius 3 is 2.31 bits per heavy atom. The number of amidine groups is 1. The van der Waals surface area contributed by atoms with Gasteiger partial charge in [0.2, 0.25) is 5.91 Å². The van der Waals surface area contributed by atoms with Crippen molar-refractivity contribution in [2.24, 2.45) is 4.99 Å². The van der Waals surface area contributed by atoms with Crippen LogP contribution < -0.4 is 10.2 Å². The number of aliphatic imine (C=N–C) groups is 1. The molecule has 7 heteroatoms. The van der Waals surface area contributed by atoms with Crippen LogP contribution in [-0.2, 0) is 11.3 Å². The first-order valence-electron chi connectivity index (χ1n) is 16.1. The largest absolute Gasteiger partial charge is 0.352 e. The van der Waals surface area contributed by atoms with Gasteiger partial charge < -0.3 is 15.1 Å². The molecule has 0 saturated carbocycles. The molecule has 0 radical (unpaired) electrons. The summed E-state index contributed by atoms with van der Waals surface area (Å²) in [5.41, 5.74) is 6.15. The van der Waals surface area contributed by atoms with Gasteiger partial charge in [0.05, 0.1) is 18.2 Å². The Hall–Kier alpha value is -3.94. The van der Waals surface area contributed by atoms with Crippen LogP contribution in [0.3, 0.4) is 0 Å². The Labute approximate surface area is 270 Å². The molecule has 2 aliphatic rings. The molecule has 2 aliphatic heterocycles. The third-order valence-electron chi connectivity index (χ3n) is 8.61. The standard InChI is InChI=1S/C38H41FN4OS/c39-32-19-15-29(16-20-32)28-40-37(44)27-36-34-13-5-6-14-35(34)41-38(45-26-10-2-7-23-42-24-8-9-25-42)43(36)33-21-17-31(18-22-33)30-11-3-1-4-12-30/h1,3-6,11-22,36H,2,7-10,23-28H2,(H,40,44). The highest BCUT2D eigenvalue weighted by atomic mass is 32.2. The molecule has 5 nitrogen and oxygen atoms in total. The number of para-hydroxylation sites is 1. The van der Waals surface area contributed by atoms with Crippen molar-refractivity contribution < 1.29 is 9.18 Å². The normalized spacial score (nSPS) is 16.3. The SMILES string of the molecule is O=C(CC1c2ccccc2N=C(SCCCCCN2CCCC2)N1c1ccc(-c2ccccc2)cc1)NCc1ccc(F)cc1.